The average Bonchev–Trinajstić information content (AvgIpc) is 3.10. The Hall–Kier alpha value is -2.18. The van der Waals surface area contributed by atoms with Gasteiger partial charge in [0.15, 0.2) is 17.6 Å². The molecule has 0 aromatic heterocycles. The highest BCUT2D eigenvalue weighted by Gasteiger charge is 2.42. The number of rotatable bonds is 6. The minimum atomic E-state index is -0.838. The molecule has 26 heavy (non-hydrogen) atoms. The molecule has 144 valence electrons. The molecule has 1 aliphatic carbocycles. The third-order valence-corrected chi connectivity index (χ3v) is 4.96. The van der Waals surface area contributed by atoms with E-state index in [0.717, 1.165) is 31.7 Å². The molecular weight excluding hydrogens is 338 g/mol. The Morgan fingerprint density at radius 3 is 2.54 bits per heavy atom. The van der Waals surface area contributed by atoms with Crippen molar-refractivity contribution in [2.24, 2.45) is 10.4 Å². The molecule has 1 fully saturated rings. The molecule has 0 radical (unpaired) electrons. The highest BCUT2D eigenvalue weighted by molar-refractivity contribution is 5.85. The van der Waals surface area contributed by atoms with Gasteiger partial charge >= 0.3 is 0 Å². The minimum Gasteiger partial charge on any atom is -0.356 e. The van der Waals surface area contributed by atoms with Crippen LogP contribution in [0.25, 0.3) is 0 Å². The number of carbonyl (C=O) groups excluding carboxylic acids is 1. The number of halogens is 2. The van der Waals surface area contributed by atoms with Gasteiger partial charge in [-0.05, 0) is 30.9 Å². The quantitative estimate of drug-likeness (QED) is 0.600. The van der Waals surface area contributed by atoms with Crippen molar-refractivity contribution in [3.05, 3.63) is 35.4 Å². The van der Waals surface area contributed by atoms with E-state index in [4.69, 9.17) is 0 Å². The topological polar surface area (TPSA) is 56.7 Å². The van der Waals surface area contributed by atoms with Crippen molar-refractivity contribution in [1.82, 2.24) is 15.5 Å². The summed E-state index contributed by atoms with van der Waals surface area (Å²) >= 11 is 0. The molecule has 1 aromatic carbocycles. The molecule has 1 aromatic rings. The monoisotopic (exact) mass is 366 g/mol. The van der Waals surface area contributed by atoms with Crippen molar-refractivity contribution in [3.8, 4) is 0 Å². The Labute approximate surface area is 153 Å². The Morgan fingerprint density at radius 2 is 1.92 bits per heavy atom. The third-order valence-electron chi connectivity index (χ3n) is 4.96. The van der Waals surface area contributed by atoms with E-state index in [1.165, 1.54) is 6.07 Å². The molecule has 0 unspecified atom stereocenters. The van der Waals surface area contributed by atoms with Gasteiger partial charge in [-0.1, -0.05) is 25.0 Å². The highest BCUT2D eigenvalue weighted by Crippen LogP contribution is 2.38. The predicted octanol–water partition coefficient (Wildman–Crippen LogP) is 2.32. The summed E-state index contributed by atoms with van der Waals surface area (Å²) in [5.41, 5.74) is -0.0708. The van der Waals surface area contributed by atoms with Crippen LogP contribution in [-0.2, 0) is 11.2 Å². The number of aliphatic imine (C=N–C) groups is 1. The van der Waals surface area contributed by atoms with Crippen LogP contribution >= 0.6 is 0 Å². The largest absolute Gasteiger partial charge is 0.356 e. The first-order valence-corrected chi connectivity index (χ1v) is 8.99. The van der Waals surface area contributed by atoms with E-state index in [1.54, 1.807) is 32.1 Å². The van der Waals surface area contributed by atoms with Crippen molar-refractivity contribution in [2.75, 3.05) is 34.2 Å². The van der Waals surface area contributed by atoms with Crippen LogP contribution in [0.5, 0.6) is 0 Å². The highest BCUT2D eigenvalue weighted by atomic mass is 19.2. The Balaban J connectivity index is 1.89. The second-order valence-corrected chi connectivity index (χ2v) is 7.00. The fourth-order valence-electron chi connectivity index (χ4n) is 3.52. The summed E-state index contributed by atoms with van der Waals surface area (Å²) in [7, 11) is 5.21. The first kappa shape index (κ1) is 20.1. The van der Waals surface area contributed by atoms with Gasteiger partial charge in [-0.2, -0.15) is 0 Å². The number of hydrogen-bond donors (Lipinski definition) is 2. The van der Waals surface area contributed by atoms with Gasteiger partial charge in [0.05, 0.1) is 5.41 Å². The average molecular weight is 366 g/mol. The summed E-state index contributed by atoms with van der Waals surface area (Å²) in [5, 5.41) is 6.32. The number of hydrogen-bond acceptors (Lipinski definition) is 2. The van der Waals surface area contributed by atoms with Crippen molar-refractivity contribution >= 4 is 11.9 Å². The van der Waals surface area contributed by atoms with E-state index in [0.29, 0.717) is 31.0 Å². The van der Waals surface area contributed by atoms with E-state index in [-0.39, 0.29) is 5.91 Å². The number of nitrogens with one attached hydrogen (secondary N) is 2. The van der Waals surface area contributed by atoms with Gasteiger partial charge in [-0.15, -0.1) is 0 Å². The number of carbonyl (C=O) groups is 1. The van der Waals surface area contributed by atoms with E-state index in [9.17, 15) is 13.6 Å². The second-order valence-electron chi connectivity index (χ2n) is 7.00. The second kappa shape index (κ2) is 8.96. The van der Waals surface area contributed by atoms with Crippen LogP contribution in [0.3, 0.4) is 0 Å². The minimum absolute atomic E-state index is 0.139. The van der Waals surface area contributed by atoms with Gasteiger partial charge in [0.2, 0.25) is 5.91 Å². The number of amides is 1. The zero-order chi connectivity index (χ0) is 19.2. The zero-order valence-electron chi connectivity index (χ0n) is 15.7. The molecule has 0 atom stereocenters. The molecule has 2 rings (SSSR count). The van der Waals surface area contributed by atoms with Crippen LogP contribution in [0, 0.1) is 17.0 Å². The molecule has 1 aliphatic rings. The molecule has 7 heteroatoms. The summed E-state index contributed by atoms with van der Waals surface area (Å²) in [6, 6.07) is 4.17. The van der Waals surface area contributed by atoms with Crippen LogP contribution in [-0.4, -0.2) is 51.0 Å². The Bertz CT molecular complexity index is 655. The molecule has 1 amide bonds. The van der Waals surface area contributed by atoms with Crippen LogP contribution < -0.4 is 10.6 Å². The van der Waals surface area contributed by atoms with E-state index >= 15 is 0 Å². The summed E-state index contributed by atoms with van der Waals surface area (Å²) in [6.45, 7) is 0.923. The number of nitrogens with zero attached hydrogens (tertiary/aromatic N) is 2. The fraction of sp³-hybridized carbons (Fsp3) is 0.579. The van der Waals surface area contributed by atoms with Crippen molar-refractivity contribution in [1.29, 1.82) is 0 Å². The lowest BCUT2D eigenvalue weighted by atomic mass is 9.84. The maximum atomic E-state index is 13.7. The smallest absolute Gasteiger partial charge is 0.230 e. The molecule has 0 spiro atoms. The zero-order valence-corrected chi connectivity index (χ0v) is 15.7. The van der Waals surface area contributed by atoms with E-state index in [1.807, 2.05) is 0 Å². The first-order valence-electron chi connectivity index (χ1n) is 8.99. The van der Waals surface area contributed by atoms with Gasteiger partial charge in [0.25, 0.3) is 0 Å². The molecule has 0 aliphatic heterocycles. The normalized spacial score (nSPS) is 16.4. The molecule has 0 saturated heterocycles. The predicted molar refractivity (Wildman–Crippen MR) is 99.0 cm³/mol. The van der Waals surface area contributed by atoms with Crippen molar-refractivity contribution < 1.29 is 13.6 Å². The summed E-state index contributed by atoms with van der Waals surface area (Å²) in [6.07, 6.45) is 4.16. The Morgan fingerprint density at radius 1 is 1.23 bits per heavy atom. The standard InChI is InChI=1S/C19H28F2N4O/c1-22-18(23-12-9-14-7-6-8-15(20)16(14)21)24-13-19(10-4-5-11-19)17(26)25(2)3/h6-8H,4-5,9-13H2,1-3H3,(H2,22,23,24). The summed E-state index contributed by atoms with van der Waals surface area (Å²) in [4.78, 5) is 18.4. The Kier molecular flexibility index (Phi) is 6.94. The van der Waals surface area contributed by atoms with Gasteiger partial charge in [0, 0.05) is 34.2 Å². The maximum absolute atomic E-state index is 13.7. The maximum Gasteiger partial charge on any atom is 0.230 e. The molecule has 2 N–H and O–H groups in total. The van der Waals surface area contributed by atoms with Crippen molar-refractivity contribution in [3.63, 3.8) is 0 Å². The molecule has 0 heterocycles. The van der Waals surface area contributed by atoms with Gasteiger partial charge in [-0.25, -0.2) is 8.78 Å². The lowest BCUT2D eigenvalue weighted by Gasteiger charge is -2.31. The van der Waals surface area contributed by atoms with Crippen LogP contribution in [0.4, 0.5) is 8.78 Å². The third kappa shape index (κ3) is 4.71. The summed E-state index contributed by atoms with van der Waals surface area (Å²) < 4.78 is 26.9. The van der Waals surface area contributed by atoms with Gasteiger partial charge in [0.1, 0.15) is 0 Å². The lowest BCUT2D eigenvalue weighted by molar-refractivity contribution is -0.138. The van der Waals surface area contributed by atoms with Crippen LogP contribution in [0.15, 0.2) is 23.2 Å². The summed E-state index contributed by atoms with van der Waals surface area (Å²) in [5.74, 6) is -0.950. The molecular formula is C19H28F2N4O. The lowest BCUT2D eigenvalue weighted by Crippen LogP contribution is -2.49. The molecule has 1 saturated carbocycles. The van der Waals surface area contributed by atoms with E-state index in [2.05, 4.69) is 15.6 Å². The fourth-order valence-corrected chi connectivity index (χ4v) is 3.52. The van der Waals surface area contributed by atoms with E-state index < -0.39 is 17.0 Å². The van der Waals surface area contributed by atoms with Gasteiger partial charge < -0.3 is 15.5 Å². The van der Waals surface area contributed by atoms with Crippen molar-refractivity contribution in [2.45, 2.75) is 32.1 Å². The van der Waals surface area contributed by atoms with Crippen LogP contribution in [0.1, 0.15) is 31.2 Å². The number of guanidine groups is 1. The van der Waals surface area contributed by atoms with Gasteiger partial charge in [-0.3, -0.25) is 9.79 Å². The number of benzene rings is 1. The van der Waals surface area contributed by atoms with Crippen LogP contribution in [0.2, 0.25) is 0 Å². The SMILES string of the molecule is CN=C(NCCc1cccc(F)c1F)NCC1(C(=O)N(C)C)CCCC1. The molecule has 0 bridgehead atoms. The molecule has 5 nitrogen and oxygen atoms in total. The first-order chi connectivity index (χ1) is 12.4.